The minimum absolute atomic E-state index is 0.571. The molecule has 0 bridgehead atoms. The first-order valence-corrected chi connectivity index (χ1v) is 5.31. The van der Waals surface area contributed by atoms with Gasteiger partial charge in [0.1, 0.15) is 11.6 Å². The fourth-order valence-corrected chi connectivity index (χ4v) is 2.02. The molecule has 0 saturated carbocycles. The first-order valence-electron chi connectivity index (χ1n) is 5.31. The van der Waals surface area contributed by atoms with Crippen LogP contribution < -0.4 is 10.5 Å². The fourth-order valence-electron chi connectivity index (χ4n) is 2.02. The van der Waals surface area contributed by atoms with Gasteiger partial charge in [-0.2, -0.15) is 0 Å². The van der Waals surface area contributed by atoms with Crippen LogP contribution in [0.15, 0.2) is 36.5 Å². The Morgan fingerprint density at radius 3 is 3.06 bits per heavy atom. The number of nitrogens with two attached hydrogens (primary N) is 1. The second kappa shape index (κ2) is 3.52. The maximum atomic E-state index is 5.86. The van der Waals surface area contributed by atoms with Crippen molar-refractivity contribution in [2.45, 2.75) is 6.42 Å². The van der Waals surface area contributed by atoms with Gasteiger partial charge in [0.05, 0.1) is 6.61 Å². The predicted octanol–water partition coefficient (Wildman–Crippen LogP) is 2.27. The Hall–Kier alpha value is -2.03. The average Bonchev–Trinajstić information content (AvgIpc) is 2.76. The van der Waals surface area contributed by atoms with Gasteiger partial charge in [-0.1, -0.05) is 6.07 Å². The van der Waals surface area contributed by atoms with Crippen LogP contribution in [-0.4, -0.2) is 11.6 Å². The number of hydrogen-bond acceptors (Lipinski definition) is 3. The van der Waals surface area contributed by atoms with Crippen molar-refractivity contribution < 1.29 is 4.74 Å². The van der Waals surface area contributed by atoms with Crippen LogP contribution >= 0.6 is 0 Å². The van der Waals surface area contributed by atoms with E-state index in [1.165, 1.54) is 5.56 Å². The molecule has 1 aromatic heterocycles. The van der Waals surface area contributed by atoms with Crippen molar-refractivity contribution in [3.05, 3.63) is 42.1 Å². The Morgan fingerprint density at radius 2 is 2.19 bits per heavy atom. The summed E-state index contributed by atoms with van der Waals surface area (Å²) in [5, 5.41) is 0. The zero-order chi connectivity index (χ0) is 11.0. The van der Waals surface area contributed by atoms with Crippen molar-refractivity contribution in [1.29, 1.82) is 0 Å². The topological polar surface area (TPSA) is 48.1 Å². The largest absolute Gasteiger partial charge is 0.493 e. The summed E-state index contributed by atoms with van der Waals surface area (Å²) in [4.78, 5) is 4.10. The van der Waals surface area contributed by atoms with Gasteiger partial charge in [-0.3, -0.25) is 0 Å². The predicted molar refractivity (Wildman–Crippen MR) is 63.3 cm³/mol. The average molecular weight is 212 g/mol. The molecule has 0 amide bonds. The van der Waals surface area contributed by atoms with Gasteiger partial charge in [0.2, 0.25) is 0 Å². The number of nitrogen functional groups attached to an aromatic ring is 1. The normalized spacial score (nSPS) is 13.2. The molecule has 0 fully saturated rings. The molecule has 3 rings (SSSR count). The zero-order valence-corrected chi connectivity index (χ0v) is 8.81. The van der Waals surface area contributed by atoms with Gasteiger partial charge >= 0.3 is 0 Å². The van der Waals surface area contributed by atoms with Crippen molar-refractivity contribution in [3.8, 4) is 16.9 Å². The Labute approximate surface area is 93.9 Å². The third-order valence-electron chi connectivity index (χ3n) is 2.84. The van der Waals surface area contributed by atoms with Crippen LogP contribution in [0.1, 0.15) is 5.56 Å². The third kappa shape index (κ3) is 1.41. The molecule has 0 saturated heterocycles. The van der Waals surface area contributed by atoms with Crippen LogP contribution in [0.2, 0.25) is 0 Å². The van der Waals surface area contributed by atoms with E-state index in [0.29, 0.717) is 5.82 Å². The van der Waals surface area contributed by atoms with Gasteiger partial charge in [0.15, 0.2) is 0 Å². The molecular weight excluding hydrogens is 200 g/mol. The van der Waals surface area contributed by atoms with Gasteiger partial charge in [-0.05, 0) is 35.4 Å². The molecule has 0 aliphatic carbocycles. The van der Waals surface area contributed by atoms with Crippen molar-refractivity contribution in [2.24, 2.45) is 0 Å². The number of nitrogens with zero attached hydrogens (tertiary/aromatic N) is 1. The maximum absolute atomic E-state index is 5.86. The molecule has 0 spiro atoms. The standard InChI is InChI=1S/C13H12N2O/c14-13-11(2-1-6-15-13)9-3-4-12-10(8-9)5-7-16-12/h1-4,6,8H,5,7H2,(H2,14,15). The quantitative estimate of drug-likeness (QED) is 0.788. The highest BCUT2D eigenvalue weighted by molar-refractivity contribution is 5.74. The molecule has 1 aliphatic rings. The number of ether oxygens (including phenoxy) is 1. The Balaban J connectivity index is 2.11. The number of hydrogen-bond donors (Lipinski definition) is 1. The number of benzene rings is 1. The highest BCUT2D eigenvalue weighted by Gasteiger charge is 2.13. The fraction of sp³-hybridized carbons (Fsp3) is 0.154. The van der Waals surface area contributed by atoms with Crippen molar-refractivity contribution in [1.82, 2.24) is 4.98 Å². The molecule has 16 heavy (non-hydrogen) atoms. The van der Waals surface area contributed by atoms with E-state index in [-0.39, 0.29) is 0 Å². The van der Waals surface area contributed by atoms with E-state index in [0.717, 1.165) is 29.9 Å². The SMILES string of the molecule is Nc1ncccc1-c1ccc2c(c1)CCO2. The van der Waals surface area contributed by atoms with Gasteiger partial charge < -0.3 is 10.5 Å². The third-order valence-corrected chi connectivity index (χ3v) is 2.84. The van der Waals surface area contributed by atoms with Gasteiger partial charge in [-0.15, -0.1) is 0 Å². The summed E-state index contributed by atoms with van der Waals surface area (Å²) in [6.07, 6.45) is 2.68. The number of rotatable bonds is 1. The molecule has 1 aliphatic heterocycles. The molecule has 0 atom stereocenters. The van der Waals surface area contributed by atoms with E-state index < -0.39 is 0 Å². The van der Waals surface area contributed by atoms with Crippen molar-refractivity contribution >= 4 is 5.82 Å². The van der Waals surface area contributed by atoms with Crippen LogP contribution in [0.25, 0.3) is 11.1 Å². The van der Waals surface area contributed by atoms with E-state index in [1.807, 2.05) is 24.3 Å². The Kier molecular flexibility index (Phi) is 2.03. The van der Waals surface area contributed by atoms with E-state index in [4.69, 9.17) is 10.5 Å². The summed E-state index contributed by atoms with van der Waals surface area (Å²) in [6.45, 7) is 0.779. The van der Waals surface area contributed by atoms with Gasteiger partial charge in [-0.25, -0.2) is 4.98 Å². The van der Waals surface area contributed by atoms with Gasteiger partial charge in [0, 0.05) is 18.2 Å². The second-order valence-electron chi connectivity index (χ2n) is 3.86. The molecular formula is C13H12N2O. The van der Waals surface area contributed by atoms with Crippen molar-refractivity contribution in [3.63, 3.8) is 0 Å². The smallest absolute Gasteiger partial charge is 0.131 e. The first-order chi connectivity index (χ1) is 7.84. The summed E-state index contributed by atoms with van der Waals surface area (Å²) in [6, 6.07) is 10.0. The minimum Gasteiger partial charge on any atom is -0.493 e. The highest BCUT2D eigenvalue weighted by Crippen LogP contribution is 2.31. The van der Waals surface area contributed by atoms with Crippen LogP contribution in [-0.2, 0) is 6.42 Å². The maximum Gasteiger partial charge on any atom is 0.131 e. The molecule has 2 aromatic rings. The summed E-state index contributed by atoms with van der Waals surface area (Å²) >= 11 is 0. The lowest BCUT2D eigenvalue weighted by atomic mass is 10.0. The molecule has 3 nitrogen and oxygen atoms in total. The Morgan fingerprint density at radius 1 is 1.25 bits per heavy atom. The lowest BCUT2D eigenvalue weighted by molar-refractivity contribution is 0.357. The number of aromatic nitrogens is 1. The zero-order valence-electron chi connectivity index (χ0n) is 8.81. The number of pyridine rings is 1. The molecule has 1 aromatic carbocycles. The molecule has 80 valence electrons. The summed E-state index contributed by atoms with van der Waals surface area (Å²) in [7, 11) is 0. The summed E-state index contributed by atoms with van der Waals surface area (Å²) < 4.78 is 5.47. The van der Waals surface area contributed by atoms with Gasteiger partial charge in [0.25, 0.3) is 0 Å². The Bertz CT molecular complexity index is 537. The monoisotopic (exact) mass is 212 g/mol. The van der Waals surface area contributed by atoms with Crippen LogP contribution in [0.5, 0.6) is 5.75 Å². The lowest BCUT2D eigenvalue weighted by Gasteiger charge is -2.06. The molecule has 0 radical (unpaired) electrons. The summed E-state index contributed by atoms with van der Waals surface area (Å²) in [5.74, 6) is 1.56. The van der Waals surface area contributed by atoms with Crippen LogP contribution in [0.3, 0.4) is 0 Å². The van der Waals surface area contributed by atoms with E-state index in [9.17, 15) is 0 Å². The first kappa shape index (κ1) is 9.21. The summed E-state index contributed by atoms with van der Waals surface area (Å²) in [5.41, 5.74) is 9.20. The molecule has 2 heterocycles. The van der Waals surface area contributed by atoms with Crippen LogP contribution in [0, 0.1) is 0 Å². The molecule has 0 unspecified atom stereocenters. The second-order valence-corrected chi connectivity index (χ2v) is 3.86. The highest BCUT2D eigenvalue weighted by atomic mass is 16.5. The van der Waals surface area contributed by atoms with Crippen molar-refractivity contribution in [2.75, 3.05) is 12.3 Å². The number of anilines is 1. The van der Waals surface area contributed by atoms with E-state index in [1.54, 1.807) is 6.20 Å². The number of fused-ring (bicyclic) bond motifs is 1. The molecule has 3 heteroatoms. The van der Waals surface area contributed by atoms with E-state index >= 15 is 0 Å². The molecule has 2 N–H and O–H groups in total. The lowest BCUT2D eigenvalue weighted by Crippen LogP contribution is -1.93. The van der Waals surface area contributed by atoms with E-state index in [2.05, 4.69) is 11.1 Å². The van der Waals surface area contributed by atoms with Crippen LogP contribution in [0.4, 0.5) is 5.82 Å². The minimum atomic E-state index is 0.571.